The third-order valence-electron chi connectivity index (χ3n) is 1.59. The van der Waals surface area contributed by atoms with Gasteiger partial charge in [-0.3, -0.25) is 0 Å². The molecule has 0 saturated carbocycles. The fourth-order valence-electron chi connectivity index (χ4n) is 0.714. The van der Waals surface area contributed by atoms with Gasteiger partial charge in [0.1, 0.15) is 29.9 Å². The Kier molecular flexibility index (Phi) is 5.81. The molecule has 0 aromatic carbocycles. The topological polar surface area (TPSA) is 121 Å². The summed E-state index contributed by atoms with van der Waals surface area (Å²) in [6.45, 7) is -0.756. The van der Waals surface area contributed by atoms with Crippen molar-refractivity contribution in [2.45, 2.75) is 29.9 Å². The van der Waals surface area contributed by atoms with Crippen LogP contribution >= 0.6 is 12.6 Å². The van der Waals surface area contributed by atoms with E-state index in [2.05, 4.69) is 12.6 Å². The van der Waals surface area contributed by atoms with Crippen LogP contribution in [0.15, 0.2) is 0 Å². The maximum Gasteiger partial charge on any atom is 0.125 e. The summed E-state index contributed by atoms with van der Waals surface area (Å²) in [6, 6.07) is 0. The highest BCUT2D eigenvalue weighted by atomic mass is 32.1. The first-order chi connectivity index (χ1) is 5.91. The molecule has 0 aliphatic heterocycles. The maximum absolute atomic E-state index is 9.08. The first-order valence-electron chi connectivity index (χ1n) is 3.61. The van der Waals surface area contributed by atoms with Crippen molar-refractivity contribution in [2.75, 3.05) is 6.61 Å². The van der Waals surface area contributed by atoms with Gasteiger partial charge < -0.3 is 30.6 Å². The van der Waals surface area contributed by atoms with E-state index in [4.69, 9.17) is 30.6 Å². The van der Waals surface area contributed by atoms with Gasteiger partial charge in [-0.15, -0.1) is 12.6 Å². The van der Waals surface area contributed by atoms with Gasteiger partial charge in [0.15, 0.2) is 0 Å². The second-order valence-electron chi connectivity index (χ2n) is 2.64. The molecule has 0 radical (unpaired) electrons. The molecule has 0 aromatic heterocycles. The highest BCUT2D eigenvalue weighted by molar-refractivity contribution is 7.80. The zero-order valence-corrected chi connectivity index (χ0v) is 7.62. The molecule has 0 bridgehead atoms. The third-order valence-corrected chi connectivity index (χ3v) is 1.89. The highest BCUT2D eigenvalue weighted by Crippen LogP contribution is 2.09. The molecule has 0 spiro atoms. The Bertz CT molecular complexity index is 143. The van der Waals surface area contributed by atoms with Gasteiger partial charge in [0.25, 0.3) is 0 Å². The van der Waals surface area contributed by atoms with E-state index in [0.717, 1.165) is 0 Å². The third kappa shape index (κ3) is 3.77. The van der Waals surface area contributed by atoms with Crippen molar-refractivity contribution in [1.29, 1.82) is 0 Å². The largest absolute Gasteiger partial charge is 0.394 e. The minimum atomic E-state index is -1.77. The van der Waals surface area contributed by atoms with E-state index in [9.17, 15) is 0 Å². The number of rotatable bonds is 5. The number of aliphatic hydroxyl groups excluding tert-OH is 6. The van der Waals surface area contributed by atoms with Gasteiger partial charge in [0, 0.05) is 0 Å². The van der Waals surface area contributed by atoms with Crippen molar-refractivity contribution in [2.24, 2.45) is 0 Å². The van der Waals surface area contributed by atoms with Crippen LogP contribution in [0.3, 0.4) is 0 Å². The average molecular weight is 214 g/mol. The van der Waals surface area contributed by atoms with E-state index in [1.165, 1.54) is 0 Å². The van der Waals surface area contributed by atoms with Gasteiger partial charge in [-0.25, -0.2) is 0 Å². The Hall–Kier alpha value is 0.110. The van der Waals surface area contributed by atoms with Crippen LogP contribution < -0.4 is 0 Å². The van der Waals surface area contributed by atoms with Crippen LogP contribution in [0.5, 0.6) is 0 Å². The number of thiol groups is 1. The van der Waals surface area contributed by atoms with Crippen molar-refractivity contribution in [3.63, 3.8) is 0 Å². The zero-order chi connectivity index (χ0) is 10.6. The van der Waals surface area contributed by atoms with Crippen molar-refractivity contribution in [3.05, 3.63) is 0 Å². The first kappa shape index (κ1) is 13.1. The molecule has 6 N–H and O–H groups in total. The Morgan fingerprint density at radius 3 is 1.62 bits per heavy atom. The highest BCUT2D eigenvalue weighted by Gasteiger charge is 2.32. The fraction of sp³-hybridized carbons (Fsp3) is 1.00. The SMILES string of the molecule is OC[C@H](O)[C@H](O)[C@H](O)[C@@H](O)C(O)S. The summed E-state index contributed by atoms with van der Waals surface area (Å²) >= 11 is 3.41. The van der Waals surface area contributed by atoms with Crippen LogP contribution in [0.25, 0.3) is 0 Å². The normalized spacial score (nSPS) is 23.3. The van der Waals surface area contributed by atoms with Crippen molar-refractivity contribution >= 4 is 12.6 Å². The molecule has 0 amide bonds. The quantitative estimate of drug-likeness (QED) is 0.190. The van der Waals surface area contributed by atoms with Crippen molar-refractivity contribution < 1.29 is 30.6 Å². The van der Waals surface area contributed by atoms with E-state index in [0.29, 0.717) is 0 Å². The monoisotopic (exact) mass is 214 g/mol. The molecule has 0 rings (SSSR count). The fourth-order valence-corrected chi connectivity index (χ4v) is 0.890. The van der Waals surface area contributed by atoms with Gasteiger partial charge in [-0.1, -0.05) is 0 Å². The van der Waals surface area contributed by atoms with Crippen LogP contribution in [-0.2, 0) is 0 Å². The zero-order valence-electron chi connectivity index (χ0n) is 6.72. The van der Waals surface area contributed by atoms with Crippen molar-refractivity contribution in [1.82, 2.24) is 0 Å². The molecule has 1 unspecified atom stereocenters. The number of hydrogen-bond acceptors (Lipinski definition) is 7. The van der Waals surface area contributed by atoms with Gasteiger partial charge in [0.05, 0.1) is 6.61 Å². The molecule has 0 aliphatic rings. The Morgan fingerprint density at radius 1 is 0.846 bits per heavy atom. The molecule has 13 heavy (non-hydrogen) atoms. The predicted octanol–water partition coefficient (Wildman–Crippen LogP) is -3.33. The minimum absolute atomic E-state index is 0.756. The molecule has 0 heterocycles. The Labute approximate surface area is 80.5 Å². The molecule has 0 fully saturated rings. The molecule has 0 aliphatic carbocycles. The maximum atomic E-state index is 9.08. The number of hydrogen-bond donors (Lipinski definition) is 7. The van der Waals surface area contributed by atoms with Crippen LogP contribution in [-0.4, -0.2) is 67.1 Å². The van der Waals surface area contributed by atoms with Crippen molar-refractivity contribution in [3.8, 4) is 0 Å². The van der Waals surface area contributed by atoms with Crippen LogP contribution in [0.2, 0.25) is 0 Å². The Morgan fingerprint density at radius 2 is 1.31 bits per heavy atom. The Balaban J connectivity index is 4.15. The van der Waals surface area contributed by atoms with Crippen LogP contribution in [0.4, 0.5) is 0 Å². The molecular weight excluding hydrogens is 200 g/mol. The molecule has 5 atom stereocenters. The summed E-state index contributed by atoms with van der Waals surface area (Å²) in [5, 5.41) is 53.0. The van der Waals surface area contributed by atoms with E-state index < -0.39 is 36.5 Å². The molecule has 6 nitrogen and oxygen atoms in total. The predicted molar refractivity (Wildman–Crippen MR) is 46.1 cm³/mol. The van der Waals surface area contributed by atoms with Crippen LogP contribution in [0, 0.1) is 0 Å². The molecule has 0 saturated heterocycles. The minimum Gasteiger partial charge on any atom is -0.394 e. The summed E-state index contributed by atoms with van der Waals surface area (Å²) < 4.78 is 0. The average Bonchev–Trinajstić information content (AvgIpc) is 2.12. The lowest BCUT2D eigenvalue weighted by Gasteiger charge is -2.26. The van der Waals surface area contributed by atoms with E-state index in [1.54, 1.807) is 0 Å². The lowest BCUT2D eigenvalue weighted by Crippen LogP contribution is -2.48. The second-order valence-corrected chi connectivity index (χ2v) is 3.16. The lowest BCUT2D eigenvalue weighted by atomic mass is 10.0. The summed E-state index contributed by atoms with van der Waals surface area (Å²) in [7, 11) is 0. The van der Waals surface area contributed by atoms with E-state index >= 15 is 0 Å². The van der Waals surface area contributed by atoms with Gasteiger partial charge in [-0.2, -0.15) is 0 Å². The smallest absolute Gasteiger partial charge is 0.125 e. The number of aliphatic hydroxyl groups is 6. The van der Waals surface area contributed by atoms with E-state index in [1.807, 2.05) is 0 Å². The summed E-state index contributed by atoms with van der Waals surface area (Å²) in [5.74, 6) is 0. The molecule has 0 aromatic rings. The summed E-state index contributed by atoms with van der Waals surface area (Å²) in [6.07, 6.45) is -6.77. The summed E-state index contributed by atoms with van der Waals surface area (Å²) in [4.78, 5) is 0. The van der Waals surface area contributed by atoms with Crippen LogP contribution in [0.1, 0.15) is 0 Å². The molecular formula is C6H14O6S. The summed E-state index contributed by atoms with van der Waals surface area (Å²) in [5.41, 5.74) is -1.53. The molecule has 80 valence electrons. The molecule has 7 heteroatoms. The lowest BCUT2D eigenvalue weighted by molar-refractivity contribution is -0.127. The van der Waals surface area contributed by atoms with Gasteiger partial charge in [-0.05, 0) is 0 Å². The first-order valence-corrected chi connectivity index (χ1v) is 4.12. The second kappa shape index (κ2) is 5.76. The van der Waals surface area contributed by atoms with E-state index in [-0.39, 0.29) is 0 Å². The van der Waals surface area contributed by atoms with Gasteiger partial charge >= 0.3 is 0 Å². The van der Waals surface area contributed by atoms with Gasteiger partial charge in [0.2, 0.25) is 0 Å². The standard InChI is InChI=1S/C6H14O6S/c7-1-2(8)3(9)4(10)5(11)6(12)13/h2-13H,1H2/t2-,3-,4-,5+,6?/m0/s1.